The third kappa shape index (κ3) is 4.91. The highest BCUT2D eigenvalue weighted by molar-refractivity contribution is 5.68. The molecule has 1 aliphatic heterocycles. The van der Waals surface area contributed by atoms with Crippen LogP contribution < -0.4 is 11.3 Å². The van der Waals surface area contributed by atoms with E-state index >= 15 is 0 Å². The Morgan fingerprint density at radius 3 is 2.71 bits per heavy atom. The van der Waals surface area contributed by atoms with E-state index in [9.17, 15) is 4.79 Å². The first-order valence-corrected chi connectivity index (χ1v) is 6.37. The topological polar surface area (TPSA) is 67.6 Å². The number of rotatable bonds is 2. The van der Waals surface area contributed by atoms with Crippen molar-refractivity contribution in [1.29, 1.82) is 0 Å². The number of nitrogens with zero attached hydrogens (tertiary/aromatic N) is 1. The molecule has 0 aromatic heterocycles. The fourth-order valence-electron chi connectivity index (χ4n) is 2.09. The molecule has 17 heavy (non-hydrogen) atoms. The zero-order chi connectivity index (χ0) is 12.9. The number of amides is 1. The molecule has 1 aliphatic rings. The Labute approximate surface area is 104 Å². The molecule has 1 amide bonds. The van der Waals surface area contributed by atoms with E-state index in [1.807, 2.05) is 25.7 Å². The Kier molecular flexibility index (Phi) is 5.21. The van der Waals surface area contributed by atoms with Gasteiger partial charge in [-0.15, -0.1) is 0 Å². The lowest BCUT2D eigenvalue weighted by Gasteiger charge is -2.32. The molecule has 5 heteroatoms. The predicted molar refractivity (Wildman–Crippen MR) is 67.4 cm³/mol. The van der Waals surface area contributed by atoms with Crippen LogP contribution in [0.5, 0.6) is 0 Å². The number of hydrazine groups is 1. The van der Waals surface area contributed by atoms with Gasteiger partial charge in [-0.25, -0.2) is 4.79 Å². The molecule has 0 aliphatic carbocycles. The number of nitrogens with two attached hydrogens (primary N) is 1. The molecule has 1 rings (SSSR count). The molecule has 1 heterocycles. The van der Waals surface area contributed by atoms with E-state index in [4.69, 9.17) is 10.6 Å². The SMILES string of the molecule is CC(C)(C)OC(=O)N1CCCCCC1CNN. The largest absolute Gasteiger partial charge is 0.444 e. The van der Waals surface area contributed by atoms with Crippen molar-refractivity contribution in [3.63, 3.8) is 0 Å². The van der Waals surface area contributed by atoms with Gasteiger partial charge in [-0.05, 0) is 33.6 Å². The summed E-state index contributed by atoms with van der Waals surface area (Å²) in [6.07, 6.45) is 4.12. The van der Waals surface area contributed by atoms with Crippen LogP contribution in [-0.4, -0.2) is 35.7 Å². The summed E-state index contributed by atoms with van der Waals surface area (Å²) in [7, 11) is 0. The summed E-state index contributed by atoms with van der Waals surface area (Å²) in [6.45, 7) is 7.05. The summed E-state index contributed by atoms with van der Waals surface area (Å²) in [5.74, 6) is 5.37. The minimum atomic E-state index is -0.440. The van der Waals surface area contributed by atoms with Crippen LogP contribution in [0.15, 0.2) is 0 Å². The van der Waals surface area contributed by atoms with Crippen molar-refractivity contribution in [2.45, 2.75) is 58.1 Å². The van der Waals surface area contributed by atoms with E-state index < -0.39 is 5.60 Å². The highest BCUT2D eigenvalue weighted by Gasteiger charge is 2.28. The molecule has 0 bridgehead atoms. The van der Waals surface area contributed by atoms with E-state index in [1.165, 1.54) is 6.42 Å². The van der Waals surface area contributed by atoms with Gasteiger partial charge in [0.1, 0.15) is 5.60 Å². The number of likely N-dealkylation sites (tertiary alicyclic amines) is 1. The number of carbonyl (C=O) groups is 1. The number of hydrogen-bond donors (Lipinski definition) is 2. The van der Waals surface area contributed by atoms with Crippen LogP contribution in [0.25, 0.3) is 0 Å². The Hall–Kier alpha value is -0.810. The third-order valence-corrected chi connectivity index (χ3v) is 2.86. The van der Waals surface area contributed by atoms with Crippen LogP contribution in [0, 0.1) is 0 Å². The molecule has 3 N–H and O–H groups in total. The Bertz CT molecular complexity index is 251. The van der Waals surface area contributed by atoms with Gasteiger partial charge in [0.15, 0.2) is 0 Å². The van der Waals surface area contributed by atoms with Crippen LogP contribution in [0.4, 0.5) is 4.79 Å². The van der Waals surface area contributed by atoms with Gasteiger partial charge in [0.25, 0.3) is 0 Å². The second-order valence-corrected chi connectivity index (χ2v) is 5.59. The minimum absolute atomic E-state index is 0.150. The summed E-state index contributed by atoms with van der Waals surface area (Å²) < 4.78 is 5.43. The van der Waals surface area contributed by atoms with E-state index in [2.05, 4.69) is 5.43 Å². The average molecular weight is 243 g/mol. The van der Waals surface area contributed by atoms with Crippen LogP contribution in [0.3, 0.4) is 0 Å². The molecule has 5 nitrogen and oxygen atoms in total. The van der Waals surface area contributed by atoms with Gasteiger partial charge in [0.05, 0.1) is 0 Å². The van der Waals surface area contributed by atoms with Gasteiger partial charge in [-0.2, -0.15) is 0 Å². The molecule has 1 saturated heterocycles. The summed E-state index contributed by atoms with van der Waals surface area (Å²) in [4.78, 5) is 13.9. The first-order valence-electron chi connectivity index (χ1n) is 6.37. The fourth-order valence-corrected chi connectivity index (χ4v) is 2.09. The molecule has 1 unspecified atom stereocenters. The summed E-state index contributed by atoms with van der Waals surface area (Å²) >= 11 is 0. The van der Waals surface area contributed by atoms with Crippen molar-refractivity contribution in [2.75, 3.05) is 13.1 Å². The number of nitrogens with one attached hydrogen (secondary N) is 1. The lowest BCUT2D eigenvalue weighted by molar-refractivity contribution is 0.0166. The molecule has 1 fully saturated rings. The standard InChI is InChI=1S/C12H25N3O2/c1-12(2,3)17-11(16)15-8-6-4-5-7-10(15)9-14-13/h10,14H,4-9,13H2,1-3H3. The zero-order valence-corrected chi connectivity index (χ0v) is 11.2. The van der Waals surface area contributed by atoms with Gasteiger partial charge >= 0.3 is 6.09 Å². The smallest absolute Gasteiger partial charge is 0.410 e. The molecule has 100 valence electrons. The zero-order valence-electron chi connectivity index (χ0n) is 11.2. The molecule has 1 atom stereocenters. The predicted octanol–water partition coefficient (Wildman–Crippen LogP) is 1.63. The quantitative estimate of drug-likeness (QED) is 0.571. The van der Waals surface area contributed by atoms with E-state index in [1.54, 1.807) is 0 Å². The second kappa shape index (κ2) is 6.21. The molecule has 0 aromatic carbocycles. The maximum absolute atomic E-state index is 12.1. The number of carbonyl (C=O) groups excluding carboxylic acids is 1. The summed E-state index contributed by atoms with van der Waals surface area (Å²) in [5.41, 5.74) is 2.22. The van der Waals surface area contributed by atoms with Gasteiger partial charge in [-0.1, -0.05) is 12.8 Å². The maximum atomic E-state index is 12.1. The fraction of sp³-hybridized carbons (Fsp3) is 0.917. The van der Waals surface area contributed by atoms with Gasteiger partial charge in [0.2, 0.25) is 0 Å². The lowest BCUT2D eigenvalue weighted by atomic mass is 10.1. The van der Waals surface area contributed by atoms with E-state index in [-0.39, 0.29) is 12.1 Å². The Morgan fingerprint density at radius 2 is 2.12 bits per heavy atom. The highest BCUT2D eigenvalue weighted by Crippen LogP contribution is 2.19. The van der Waals surface area contributed by atoms with Crippen LogP contribution >= 0.6 is 0 Å². The monoisotopic (exact) mass is 243 g/mol. The van der Waals surface area contributed by atoms with Crippen LogP contribution in [0.1, 0.15) is 46.5 Å². The number of ether oxygens (including phenoxy) is 1. The Morgan fingerprint density at radius 1 is 1.41 bits per heavy atom. The highest BCUT2D eigenvalue weighted by atomic mass is 16.6. The molecule has 0 aromatic rings. The first-order chi connectivity index (χ1) is 7.94. The van der Waals surface area contributed by atoms with Crippen molar-refractivity contribution >= 4 is 6.09 Å². The van der Waals surface area contributed by atoms with Gasteiger partial charge < -0.3 is 9.64 Å². The van der Waals surface area contributed by atoms with Gasteiger partial charge in [0, 0.05) is 19.1 Å². The van der Waals surface area contributed by atoms with E-state index in [0.29, 0.717) is 6.54 Å². The molecular formula is C12H25N3O2. The van der Waals surface area contributed by atoms with Gasteiger partial charge in [-0.3, -0.25) is 11.3 Å². The maximum Gasteiger partial charge on any atom is 0.410 e. The molecule has 0 saturated carbocycles. The summed E-state index contributed by atoms with van der Waals surface area (Å²) in [5, 5.41) is 0. The van der Waals surface area contributed by atoms with Crippen molar-refractivity contribution in [2.24, 2.45) is 5.84 Å². The van der Waals surface area contributed by atoms with Crippen molar-refractivity contribution in [1.82, 2.24) is 10.3 Å². The third-order valence-electron chi connectivity index (χ3n) is 2.86. The van der Waals surface area contributed by atoms with E-state index in [0.717, 1.165) is 25.8 Å². The second-order valence-electron chi connectivity index (χ2n) is 5.59. The Balaban J connectivity index is 2.64. The van der Waals surface area contributed by atoms with Crippen LogP contribution in [0.2, 0.25) is 0 Å². The first kappa shape index (κ1) is 14.3. The van der Waals surface area contributed by atoms with Crippen molar-refractivity contribution < 1.29 is 9.53 Å². The normalized spacial score (nSPS) is 22.1. The molecular weight excluding hydrogens is 218 g/mol. The number of hydrogen-bond acceptors (Lipinski definition) is 4. The van der Waals surface area contributed by atoms with Crippen molar-refractivity contribution in [3.05, 3.63) is 0 Å². The minimum Gasteiger partial charge on any atom is -0.444 e. The van der Waals surface area contributed by atoms with Crippen LogP contribution in [-0.2, 0) is 4.74 Å². The average Bonchev–Trinajstić information content (AvgIpc) is 2.41. The summed E-state index contributed by atoms with van der Waals surface area (Å²) in [6, 6.07) is 0.150. The molecule has 0 spiro atoms. The van der Waals surface area contributed by atoms with Crippen molar-refractivity contribution in [3.8, 4) is 0 Å². The lowest BCUT2D eigenvalue weighted by Crippen LogP contribution is -2.48. The molecule has 0 radical (unpaired) electrons.